The Morgan fingerprint density at radius 3 is 2.71 bits per heavy atom. The van der Waals surface area contributed by atoms with E-state index in [0.717, 1.165) is 25.3 Å². The SMILES string of the molecule is C=C/C(=C(\NC(C)=NC(CC)CCC1(C)CC1)c1c[nH]c2c1C=CCC2=O)C(F)(F)F. The molecule has 0 radical (unpaired) electrons. The van der Waals surface area contributed by atoms with Crippen LogP contribution in [0, 0.1) is 5.41 Å². The van der Waals surface area contributed by atoms with E-state index in [9.17, 15) is 18.0 Å². The van der Waals surface area contributed by atoms with Crippen LogP contribution in [0.1, 0.15) is 80.9 Å². The van der Waals surface area contributed by atoms with Crippen LogP contribution in [0.15, 0.2) is 35.5 Å². The molecule has 4 nitrogen and oxygen atoms in total. The maximum atomic E-state index is 13.8. The number of fused-ring (bicyclic) bond motifs is 1. The van der Waals surface area contributed by atoms with Crippen molar-refractivity contribution in [3.63, 3.8) is 0 Å². The summed E-state index contributed by atoms with van der Waals surface area (Å²) in [6.07, 6.45) is 6.46. The molecule has 3 rings (SSSR count). The first kappa shape index (κ1) is 23.1. The predicted octanol–water partition coefficient (Wildman–Crippen LogP) is 6.44. The summed E-state index contributed by atoms with van der Waals surface area (Å²) in [5.41, 5.74) is 0.410. The quantitative estimate of drug-likeness (QED) is 0.282. The van der Waals surface area contributed by atoms with Crippen LogP contribution in [0.3, 0.4) is 0 Å². The molecule has 2 aliphatic rings. The fraction of sp³-hybridized carbons (Fsp3) is 0.500. The Labute approximate surface area is 181 Å². The number of allylic oxidation sites excluding steroid dienone is 3. The Kier molecular flexibility index (Phi) is 6.62. The number of carbonyl (C=O) groups excluding carboxylic acids is 1. The van der Waals surface area contributed by atoms with E-state index in [-0.39, 0.29) is 29.5 Å². The summed E-state index contributed by atoms with van der Waals surface area (Å²) in [6, 6.07) is 0.0471. The van der Waals surface area contributed by atoms with Crippen molar-refractivity contribution in [1.29, 1.82) is 0 Å². The molecule has 0 saturated heterocycles. The van der Waals surface area contributed by atoms with Gasteiger partial charge < -0.3 is 10.3 Å². The van der Waals surface area contributed by atoms with Crippen LogP contribution in [0.25, 0.3) is 11.8 Å². The highest BCUT2D eigenvalue weighted by atomic mass is 19.4. The van der Waals surface area contributed by atoms with Gasteiger partial charge in [0.2, 0.25) is 0 Å². The van der Waals surface area contributed by atoms with Crippen LogP contribution < -0.4 is 5.32 Å². The normalized spacial score (nSPS) is 19.5. The Hall–Kier alpha value is -2.57. The number of aromatic amines is 1. The highest BCUT2D eigenvalue weighted by Gasteiger charge is 2.37. The molecule has 1 aromatic rings. The Bertz CT molecular complexity index is 946. The van der Waals surface area contributed by atoms with Gasteiger partial charge in [0, 0.05) is 23.7 Å². The zero-order chi connectivity index (χ0) is 22.8. The molecule has 7 heteroatoms. The number of aromatic nitrogens is 1. The number of aliphatic imine (C=N–C) groups is 1. The maximum Gasteiger partial charge on any atom is 0.418 e. The highest BCUT2D eigenvalue weighted by Crippen LogP contribution is 2.49. The summed E-state index contributed by atoms with van der Waals surface area (Å²) in [5, 5.41) is 2.89. The number of alkyl halides is 3. The molecule has 2 N–H and O–H groups in total. The van der Waals surface area contributed by atoms with E-state index in [1.807, 2.05) is 6.92 Å². The Morgan fingerprint density at radius 1 is 1.42 bits per heavy atom. The summed E-state index contributed by atoms with van der Waals surface area (Å²) in [5.74, 6) is 0.257. The number of amidine groups is 1. The second kappa shape index (κ2) is 8.89. The van der Waals surface area contributed by atoms with E-state index in [0.29, 0.717) is 22.5 Å². The maximum absolute atomic E-state index is 13.8. The van der Waals surface area contributed by atoms with Crippen molar-refractivity contribution in [2.75, 3.05) is 0 Å². The second-order valence-electron chi connectivity index (χ2n) is 8.76. The molecule has 1 fully saturated rings. The Balaban J connectivity index is 1.95. The number of Topliss-reactive ketones (excluding diaryl/α,β-unsaturated/α-hetero) is 1. The van der Waals surface area contributed by atoms with Crippen LogP contribution in [0.5, 0.6) is 0 Å². The molecule has 168 valence electrons. The number of H-pyrrole nitrogens is 1. The van der Waals surface area contributed by atoms with Gasteiger partial charge in [-0.2, -0.15) is 13.2 Å². The van der Waals surface area contributed by atoms with E-state index in [1.54, 1.807) is 19.1 Å². The van der Waals surface area contributed by atoms with Crippen molar-refractivity contribution in [3.8, 4) is 0 Å². The molecule has 1 saturated carbocycles. The first-order valence-corrected chi connectivity index (χ1v) is 10.7. The lowest BCUT2D eigenvalue weighted by molar-refractivity contribution is -0.0877. The van der Waals surface area contributed by atoms with Gasteiger partial charge in [-0.1, -0.05) is 38.7 Å². The van der Waals surface area contributed by atoms with Crippen LogP contribution in [-0.2, 0) is 0 Å². The van der Waals surface area contributed by atoms with Gasteiger partial charge in [0.1, 0.15) is 0 Å². The van der Waals surface area contributed by atoms with E-state index < -0.39 is 11.7 Å². The van der Waals surface area contributed by atoms with E-state index >= 15 is 0 Å². The summed E-state index contributed by atoms with van der Waals surface area (Å²) < 4.78 is 41.4. The summed E-state index contributed by atoms with van der Waals surface area (Å²) >= 11 is 0. The zero-order valence-electron chi connectivity index (χ0n) is 18.3. The van der Waals surface area contributed by atoms with Crippen molar-refractivity contribution in [2.45, 2.75) is 71.5 Å². The molecule has 1 heterocycles. The standard InChI is InChI=1S/C24H30F3N3O/c1-5-16(10-11-23(4)12-13-23)29-15(3)30-21(19(6-2)24(25,26)27)18-14-28-22-17(18)8-7-9-20(22)31/h6-8,14,16,28H,2,5,9-13H2,1,3-4H3,(H,29,30)/b21-19+. The lowest BCUT2D eigenvalue weighted by atomic mass is 9.97. The van der Waals surface area contributed by atoms with Crippen molar-refractivity contribution in [1.82, 2.24) is 10.3 Å². The number of halogens is 3. The first-order valence-electron chi connectivity index (χ1n) is 10.7. The fourth-order valence-corrected chi connectivity index (χ4v) is 3.90. The molecule has 0 bridgehead atoms. The predicted molar refractivity (Wildman–Crippen MR) is 119 cm³/mol. The van der Waals surface area contributed by atoms with E-state index in [1.165, 1.54) is 19.0 Å². The number of hydrogen-bond acceptors (Lipinski definition) is 2. The molecule has 0 aliphatic heterocycles. The van der Waals surface area contributed by atoms with Crippen LogP contribution in [-0.4, -0.2) is 28.8 Å². The minimum absolute atomic E-state index is 0.0471. The number of ketones is 1. The molecule has 0 spiro atoms. The monoisotopic (exact) mass is 433 g/mol. The third kappa shape index (κ3) is 5.38. The van der Waals surface area contributed by atoms with Gasteiger partial charge in [-0.3, -0.25) is 9.79 Å². The summed E-state index contributed by atoms with van der Waals surface area (Å²) in [7, 11) is 0. The molecular formula is C24H30F3N3O. The second-order valence-corrected chi connectivity index (χ2v) is 8.76. The van der Waals surface area contributed by atoms with Gasteiger partial charge in [0.05, 0.1) is 28.8 Å². The molecule has 0 aromatic carbocycles. The smallest absolute Gasteiger partial charge is 0.358 e. The van der Waals surface area contributed by atoms with Crippen LogP contribution in [0.2, 0.25) is 0 Å². The Morgan fingerprint density at radius 2 is 2.13 bits per heavy atom. The van der Waals surface area contributed by atoms with E-state index in [2.05, 4.69) is 28.8 Å². The minimum atomic E-state index is -4.61. The third-order valence-electron chi connectivity index (χ3n) is 6.17. The third-order valence-corrected chi connectivity index (χ3v) is 6.17. The van der Waals surface area contributed by atoms with Crippen LogP contribution >= 0.6 is 0 Å². The number of hydrogen-bond donors (Lipinski definition) is 2. The molecule has 1 aromatic heterocycles. The summed E-state index contributed by atoms with van der Waals surface area (Å²) in [6.45, 7) is 9.36. The van der Waals surface area contributed by atoms with Crippen molar-refractivity contribution < 1.29 is 18.0 Å². The van der Waals surface area contributed by atoms with Gasteiger partial charge in [-0.25, -0.2) is 0 Å². The molecule has 1 atom stereocenters. The van der Waals surface area contributed by atoms with Gasteiger partial charge in [0.25, 0.3) is 0 Å². The van der Waals surface area contributed by atoms with Gasteiger partial charge >= 0.3 is 6.18 Å². The summed E-state index contributed by atoms with van der Waals surface area (Å²) in [4.78, 5) is 19.7. The molecular weight excluding hydrogens is 403 g/mol. The first-order chi connectivity index (χ1) is 14.6. The van der Waals surface area contributed by atoms with Gasteiger partial charge in [0.15, 0.2) is 5.78 Å². The van der Waals surface area contributed by atoms with Crippen molar-refractivity contribution >= 4 is 23.4 Å². The number of carbonyl (C=O) groups is 1. The molecule has 31 heavy (non-hydrogen) atoms. The average molecular weight is 434 g/mol. The number of nitrogens with one attached hydrogen (secondary N) is 2. The molecule has 0 amide bonds. The van der Waals surface area contributed by atoms with Gasteiger partial charge in [-0.15, -0.1) is 0 Å². The lowest BCUT2D eigenvalue weighted by Crippen LogP contribution is -2.26. The molecule has 2 aliphatic carbocycles. The minimum Gasteiger partial charge on any atom is -0.358 e. The number of rotatable bonds is 8. The highest BCUT2D eigenvalue weighted by molar-refractivity contribution is 6.04. The lowest BCUT2D eigenvalue weighted by Gasteiger charge is -2.20. The largest absolute Gasteiger partial charge is 0.418 e. The van der Waals surface area contributed by atoms with Crippen LogP contribution in [0.4, 0.5) is 13.2 Å². The average Bonchev–Trinajstić information content (AvgIpc) is 3.27. The van der Waals surface area contributed by atoms with Crippen molar-refractivity contribution in [2.24, 2.45) is 10.4 Å². The zero-order valence-corrected chi connectivity index (χ0v) is 18.3. The molecule has 1 unspecified atom stereocenters. The topological polar surface area (TPSA) is 57.2 Å². The fourth-order valence-electron chi connectivity index (χ4n) is 3.90. The number of nitrogens with zero attached hydrogens (tertiary/aromatic N) is 1. The van der Waals surface area contributed by atoms with Gasteiger partial charge in [-0.05, 0) is 44.4 Å². The van der Waals surface area contributed by atoms with E-state index in [4.69, 9.17) is 0 Å². The van der Waals surface area contributed by atoms with Crippen molar-refractivity contribution in [3.05, 3.63) is 47.3 Å².